The molecule has 2 aliphatic heterocycles. The summed E-state index contributed by atoms with van der Waals surface area (Å²) in [6.45, 7) is 3.80. The molecule has 43 heavy (non-hydrogen) atoms. The molecule has 3 aromatic rings. The molecule has 2 heterocycles. The van der Waals surface area contributed by atoms with Crippen LogP contribution in [0.1, 0.15) is 41.8 Å². The van der Waals surface area contributed by atoms with E-state index in [0.29, 0.717) is 67.6 Å². The molecule has 0 aliphatic carbocycles. The van der Waals surface area contributed by atoms with Gasteiger partial charge in [0.25, 0.3) is 5.91 Å². The van der Waals surface area contributed by atoms with Crippen molar-refractivity contribution in [3.63, 3.8) is 0 Å². The van der Waals surface area contributed by atoms with Crippen LogP contribution in [0.3, 0.4) is 0 Å². The minimum absolute atomic E-state index is 0.155. The van der Waals surface area contributed by atoms with Crippen LogP contribution in [0.15, 0.2) is 77.5 Å². The van der Waals surface area contributed by atoms with E-state index in [1.807, 2.05) is 54.3 Å². The molecule has 0 fully saturated rings. The molecule has 3 aromatic carbocycles. The molecule has 0 saturated carbocycles. The van der Waals surface area contributed by atoms with E-state index < -0.39 is 29.7 Å². The zero-order valence-corrected chi connectivity index (χ0v) is 23.5. The molecule has 1 unspecified atom stereocenters. The van der Waals surface area contributed by atoms with Gasteiger partial charge in [-0.05, 0) is 53.9 Å². The van der Waals surface area contributed by atoms with Crippen LogP contribution >= 0.6 is 0 Å². The molecule has 226 valence electrons. The lowest BCUT2D eigenvalue weighted by Gasteiger charge is -2.25. The fourth-order valence-corrected chi connectivity index (χ4v) is 4.90. The van der Waals surface area contributed by atoms with E-state index in [2.05, 4.69) is 10.4 Å². The Hall–Kier alpha value is -4.42. The summed E-state index contributed by atoms with van der Waals surface area (Å²) >= 11 is 0. The predicted molar refractivity (Wildman–Crippen MR) is 152 cm³/mol. The van der Waals surface area contributed by atoms with Gasteiger partial charge in [-0.25, -0.2) is 4.39 Å². The Morgan fingerprint density at radius 3 is 2.49 bits per heavy atom. The van der Waals surface area contributed by atoms with Crippen LogP contribution in [0, 0.1) is 5.82 Å². The maximum atomic E-state index is 13.7. The number of amides is 1. The van der Waals surface area contributed by atoms with Crippen molar-refractivity contribution in [2.45, 2.75) is 38.8 Å². The van der Waals surface area contributed by atoms with Gasteiger partial charge in [-0.1, -0.05) is 30.3 Å². The van der Waals surface area contributed by atoms with Crippen molar-refractivity contribution in [2.24, 2.45) is 5.10 Å². The quantitative estimate of drug-likeness (QED) is 0.236. The van der Waals surface area contributed by atoms with Gasteiger partial charge in [0, 0.05) is 32.3 Å². The standard InChI is InChI=1S/C31H30F4N4O4/c1-3-43-28-14-20(6-11-27(28)42-2)16-36-29(40)21-7-4-19(5-8-21)17-38-13-12-26-23(18-38)30(41)39(37-26)22-9-10-25(32)24(15-22)31(33,34)35/h4-11,14-15,18,29,36,40H,3,12-13,16-17H2,1-2H3. The number of rotatable bonds is 10. The number of ether oxygens (including phenoxy) is 2. The number of methoxy groups -OCH3 is 1. The van der Waals surface area contributed by atoms with Crippen LogP contribution < -0.4 is 19.8 Å². The lowest BCUT2D eigenvalue weighted by Crippen LogP contribution is -2.29. The number of aliphatic hydroxyl groups is 1. The number of aliphatic hydroxyl groups excluding tert-OH is 1. The van der Waals surface area contributed by atoms with E-state index in [4.69, 9.17) is 9.47 Å². The van der Waals surface area contributed by atoms with Crippen LogP contribution in [0.5, 0.6) is 11.5 Å². The molecule has 2 N–H and O–H groups in total. The molecule has 0 bridgehead atoms. The highest BCUT2D eigenvalue weighted by molar-refractivity contribution is 6.30. The van der Waals surface area contributed by atoms with E-state index in [9.17, 15) is 27.5 Å². The summed E-state index contributed by atoms with van der Waals surface area (Å²) < 4.78 is 64.2. The van der Waals surface area contributed by atoms with Gasteiger partial charge >= 0.3 is 6.18 Å². The Balaban J connectivity index is 1.20. The number of anilines is 1. The molecule has 8 nitrogen and oxygen atoms in total. The molecule has 0 saturated heterocycles. The van der Waals surface area contributed by atoms with Gasteiger partial charge in [0.2, 0.25) is 0 Å². The van der Waals surface area contributed by atoms with Gasteiger partial charge in [-0.3, -0.25) is 10.1 Å². The van der Waals surface area contributed by atoms with Gasteiger partial charge < -0.3 is 19.5 Å². The van der Waals surface area contributed by atoms with Crippen molar-refractivity contribution in [2.75, 3.05) is 25.3 Å². The monoisotopic (exact) mass is 598 g/mol. The number of hydrogen-bond acceptors (Lipinski definition) is 7. The maximum Gasteiger partial charge on any atom is 0.419 e. The van der Waals surface area contributed by atoms with Gasteiger partial charge in [0.05, 0.1) is 36.3 Å². The third-order valence-corrected chi connectivity index (χ3v) is 7.11. The molecule has 5 rings (SSSR count). The summed E-state index contributed by atoms with van der Waals surface area (Å²) in [5.74, 6) is -0.723. The number of carbonyl (C=O) groups excluding carboxylic acids is 1. The van der Waals surface area contributed by atoms with Crippen molar-refractivity contribution >= 4 is 17.3 Å². The first-order valence-corrected chi connectivity index (χ1v) is 13.6. The second-order valence-electron chi connectivity index (χ2n) is 10.0. The van der Waals surface area contributed by atoms with Crippen LogP contribution in [-0.2, 0) is 24.1 Å². The Bertz CT molecular complexity index is 1560. The largest absolute Gasteiger partial charge is 0.493 e. The van der Waals surface area contributed by atoms with Crippen LogP contribution in [0.2, 0.25) is 0 Å². The third-order valence-electron chi connectivity index (χ3n) is 7.11. The lowest BCUT2D eigenvalue weighted by molar-refractivity contribution is -0.140. The SMILES string of the molecule is CCOc1cc(CNC(O)c2ccc(CN3C=C4C(=O)N(c5ccc(F)c(C(F)(F)F)c5)N=C4CC3)cc2)ccc1OC. The molecule has 0 radical (unpaired) electrons. The average Bonchev–Trinajstić information content (AvgIpc) is 3.31. The number of fused-ring (bicyclic) bond motifs is 1. The minimum atomic E-state index is -4.90. The number of nitrogens with zero attached hydrogens (tertiary/aromatic N) is 3. The van der Waals surface area contributed by atoms with E-state index in [1.165, 1.54) is 0 Å². The van der Waals surface area contributed by atoms with Gasteiger partial charge in [-0.2, -0.15) is 23.3 Å². The number of benzene rings is 3. The molecule has 0 spiro atoms. The Morgan fingerprint density at radius 1 is 1.05 bits per heavy atom. The lowest BCUT2D eigenvalue weighted by atomic mass is 10.0. The second kappa shape index (κ2) is 12.4. The number of halogens is 4. The normalized spacial score (nSPS) is 15.7. The van der Waals surface area contributed by atoms with Crippen LogP contribution in [0.4, 0.5) is 23.2 Å². The molecule has 12 heteroatoms. The summed E-state index contributed by atoms with van der Waals surface area (Å²) in [6, 6.07) is 15.3. The molecular weight excluding hydrogens is 568 g/mol. The number of hydrazone groups is 1. The predicted octanol–water partition coefficient (Wildman–Crippen LogP) is 5.52. The topological polar surface area (TPSA) is 86.6 Å². The summed E-state index contributed by atoms with van der Waals surface area (Å²) in [4.78, 5) is 15.0. The number of hydrogen-bond donors (Lipinski definition) is 2. The van der Waals surface area contributed by atoms with Crippen molar-refractivity contribution < 1.29 is 36.9 Å². The Morgan fingerprint density at radius 2 is 1.79 bits per heavy atom. The molecule has 1 amide bonds. The first kappa shape index (κ1) is 30.1. The van der Waals surface area contributed by atoms with Crippen molar-refractivity contribution in [1.82, 2.24) is 10.2 Å². The second-order valence-corrected chi connectivity index (χ2v) is 10.0. The van der Waals surface area contributed by atoms with Gasteiger partial charge in [0.1, 0.15) is 12.0 Å². The highest BCUT2D eigenvalue weighted by Crippen LogP contribution is 2.36. The van der Waals surface area contributed by atoms with E-state index >= 15 is 0 Å². The van der Waals surface area contributed by atoms with Crippen molar-refractivity contribution in [3.05, 3.63) is 101 Å². The van der Waals surface area contributed by atoms with E-state index in [0.717, 1.165) is 22.2 Å². The number of carbonyl (C=O) groups is 1. The van der Waals surface area contributed by atoms with Gasteiger partial charge in [0.15, 0.2) is 11.5 Å². The number of alkyl halides is 3. The van der Waals surface area contributed by atoms with Crippen LogP contribution in [-0.4, -0.2) is 41.9 Å². The Kier molecular flexibility index (Phi) is 8.69. The summed E-state index contributed by atoms with van der Waals surface area (Å²) in [7, 11) is 1.58. The highest BCUT2D eigenvalue weighted by atomic mass is 19.4. The first-order valence-electron chi connectivity index (χ1n) is 13.6. The molecular formula is C31H30F4N4O4. The number of nitrogens with one attached hydrogen (secondary N) is 1. The molecule has 0 aromatic heterocycles. The highest BCUT2D eigenvalue weighted by Gasteiger charge is 2.38. The smallest absolute Gasteiger partial charge is 0.419 e. The average molecular weight is 599 g/mol. The Labute approximate surface area is 245 Å². The fourth-order valence-electron chi connectivity index (χ4n) is 4.90. The summed E-state index contributed by atoms with van der Waals surface area (Å²) in [5, 5.41) is 18.9. The van der Waals surface area contributed by atoms with Crippen molar-refractivity contribution in [1.29, 1.82) is 0 Å². The molecule has 2 aliphatic rings. The first-order chi connectivity index (χ1) is 20.6. The summed E-state index contributed by atoms with van der Waals surface area (Å²) in [5.41, 5.74) is 1.66. The zero-order chi connectivity index (χ0) is 30.7. The third kappa shape index (κ3) is 6.65. The van der Waals surface area contributed by atoms with Crippen LogP contribution in [0.25, 0.3) is 0 Å². The zero-order valence-electron chi connectivity index (χ0n) is 23.5. The van der Waals surface area contributed by atoms with Gasteiger partial charge in [-0.15, -0.1) is 0 Å². The summed E-state index contributed by atoms with van der Waals surface area (Å²) in [6.07, 6.45) is -3.74. The van der Waals surface area contributed by atoms with Crippen molar-refractivity contribution in [3.8, 4) is 11.5 Å². The fraction of sp³-hybridized carbons (Fsp3) is 0.290. The van der Waals surface area contributed by atoms with E-state index in [-0.39, 0.29) is 11.3 Å². The molecule has 1 atom stereocenters. The minimum Gasteiger partial charge on any atom is -0.493 e. The maximum absolute atomic E-state index is 13.7. The van der Waals surface area contributed by atoms with E-state index in [1.54, 1.807) is 13.3 Å².